The molecule has 0 fully saturated rings. The van der Waals surface area contributed by atoms with Gasteiger partial charge in [-0.15, -0.1) is 0 Å². The average molecular weight is 406 g/mol. The van der Waals surface area contributed by atoms with Gasteiger partial charge in [-0.3, -0.25) is 9.59 Å². The molecule has 0 radical (unpaired) electrons. The summed E-state index contributed by atoms with van der Waals surface area (Å²) in [4.78, 5) is 26.0. The summed E-state index contributed by atoms with van der Waals surface area (Å²) < 4.78 is 14.8. The van der Waals surface area contributed by atoms with Crippen molar-refractivity contribution in [3.63, 3.8) is 0 Å². The van der Waals surface area contributed by atoms with Crippen LogP contribution in [-0.2, 0) is 11.8 Å². The van der Waals surface area contributed by atoms with E-state index in [1.54, 1.807) is 56.5 Å². The van der Waals surface area contributed by atoms with Crippen molar-refractivity contribution in [3.8, 4) is 11.1 Å². The lowest BCUT2D eigenvalue weighted by molar-refractivity contribution is -0.111. The third-order valence-corrected chi connectivity index (χ3v) is 4.55. The number of aryl methyl sites for hydroxylation is 1. The number of rotatable bonds is 6. The van der Waals surface area contributed by atoms with E-state index in [2.05, 4.69) is 17.2 Å². The largest absolute Gasteiger partial charge is 0.373 e. The minimum atomic E-state index is -0.324. The van der Waals surface area contributed by atoms with Gasteiger partial charge >= 0.3 is 0 Å². The minimum absolute atomic E-state index is 0.118. The Morgan fingerprint density at radius 3 is 2.40 bits per heavy atom. The Morgan fingerprint density at radius 2 is 1.77 bits per heavy atom. The summed E-state index contributed by atoms with van der Waals surface area (Å²) >= 11 is 0. The first-order chi connectivity index (χ1) is 14.3. The maximum atomic E-state index is 13.3. The van der Waals surface area contributed by atoms with E-state index >= 15 is 0 Å². The summed E-state index contributed by atoms with van der Waals surface area (Å²) in [7, 11) is 5.30. The lowest BCUT2D eigenvalue weighted by Gasteiger charge is -2.18. The van der Waals surface area contributed by atoms with Gasteiger partial charge in [0.2, 0.25) is 5.91 Å². The van der Waals surface area contributed by atoms with Gasteiger partial charge in [-0.05, 0) is 54.6 Å². The Balaban J connectivity index is 2.14. The van der Waals surface area contributed by atoms with E-state index in [1.165, 1.54) is 22.8 Å². The molecule has 3 rings (SSSR count). The molecule has 0 aliphatic rings. The predicted molar refractivity (Wildman–Crippen MR) is 120 cm³/mol. The average Bonchev–Trinajstić information content (AvgIpc) is 2.72. The van der Waals surface area contributed by atoms with Crippen molar-refractivity contribution in [2.24, 2.45) is 7.05 Å². The number of hydrogen-bond acceptors (Lipinski definition) is 4. The maximum absolute atomic E-state index is 13.3. The number of aromatic nitrogens is 1. The van der Waals surface area contributed by atoms with Gasteiger partial charge in [0.1, 0.15) is 11.5 Å². The zero-order chi connectivity index (χ0) is 21.8. The van der Waals surface area contributed by atoms with Gasteiger partial charge < -0.3 is 20.1 Å². The van der Waals surface area contributed by atoms with Crippen molar-refractivity contribution in [2.45, 2.75) is 0 Å². The Hall–Kier alpha value is -3.87. The normalized spacial score (nSPS) is 10.4. The molecule has 3 aromatic rings. The molecule has 1 heterocycles. The van der Waals surface area contributed by atoms with Gasteiger partial charge in [0.15, 0.2) is 0 Å². The van der Waals surface area contributed by atoms with E-state index in [4.69, 9.17) is 0 Å². The minimum Gasteiger partial charge on any atom is -0.373 e. The van der Waals surface area contributed by atoms with Crippen LogP contribution in [0, 0.1) is 5.82 Å². The quantitative estimate of drug-likeness (QED) is 0.604. The number of nitrogens with one attached hydrogen (secondary N) is 2. The zero-order valence-corrected chi connectivity index (χ0v) is 17.1. The van der Waals surface area contributed by atoms with Crippen molar-refractivity contribution in [1.29, 1.82) is 0 Å². The molecule has 0 atom stereocenters. The van der Waals surface area contributed by atoms with E-state index in [0.29, 0.717) is 17.1 Å². The lowest BCUT2D eigenvalue weighted by Crippen LogP contribution is -2.25. The maximum Gasteiger partial charge on any atom is 0.273 e. The molecule has 0 saturated carbocycles. The Bertz CT molecular complexity index is 1150. The highest BCUT2D eigenvalue weighted by molar-refractivity contribution is 6.00. The fraction of sp³-hybridized carbons (Fsp3) is 0.130. The van der Waals surface area contributed by atoms with Crippen LogP contribution in [0.2, 0.25) is 0 Å². The second-order valence-corrected chi connectivity index (χ2v) is 7.01. The van der Waals surface area contributed by atoms with Gasteiger partial charge in [0.05, 0.1) is 0 Å². The smallest absolute Gasteiger partial charge is 0.273 e. The molecule has 1 amide bonds. The standard InChI is InChI=1S/C23H23FN4O2/c1-5-22(29)26-18-10-11-20(25-17-8-6-16(24)7-9-17)19(13-18)15-12-21(27(2)3)23(30)28(4)14-15/h5-14,25H,1H2,2-4H3,(H,26,29). The molecule has 30 heavy (non-hydrogen) atoms. The molecular weight excluding hydrogens is 383 g/mol. The molecule has 1 aromatic heterocycles. The molecule has 6 nitrogen and oxygen atoms in total. The van der Waals surface area contributed by atoms with Crippen LogP contribution in [0.25, 0.3) is 11.1 Å². The third-order valence-electron chi connectivity index (χ3n) is 4.55. The van der Waals surface area contributed by atoms with Crippen molar-refractivity contribution in [1.82, 2.24) is 4.57 Å². The fourth-order valence-electron chi connectivity index (χ4n) is 3.01. The van der Waals surface area contributed by atoms with Crippen LogP contribution < -0.4 is 21.1 Å². The summed E-state index contributed by atoms with van der Waals surface area (Å²) in [6, 6.07) is 13.2. The Kier molecular flexibility index (Phi) is 6.01. The summed E-state index contributed by atoms with van der Waals surface area (Å²) in [5, 5.41) is 6.03. The second kappa shape index (κ2) is 8.65. The van der Waals surface area contributed by atoms with Crippen LogP contribution in [-0.4, -0.2) is 24.6 Å². The molecule has 2 aromatic carbocycles. The number of amides is 1. The van der Waals surface area contributed by atoms with Crippen LogP contribution >= 0.6 is 0 Å². The zero-order valence-electron chi connectivity index (χ0n) is 17.1. The monoisotopic (exact) mass is 406 g/mol. The van der Waals surface area contributed by atoms with Crippen molar-refractivity contribution in [2.75, 3.05) is 29.6 Å². The molecule has 2 N–H and O–H groups in total. The summed E-state index contributed by atoms with van der Waals surface area (Å²) in [5.41, 5.74) is 3.98. The highest BCUT2D eigenvalue weighted by atomic mass is 19.1. The molecule has 0 bridgehead atoms. The topological polar surface area (TPSA) is 66.4 Å². The summed E-state index contributed by atoms with van der Waals surface area (Å²) in [6.07, 6.45) is 2.93. The van der Waals surface area contributed by atoms with Gasteiger partial charge in [-0.25, -0.2) is 4.39 Å². The molecule has 0 aliphatic carbocycles. The van der Waals surface area contributed by atoms with Crippen LogP contribution in [0.5, 0.6) is 0 Å². The van der Waals surface area contributed by atoms with Gasteiger partial charge in [-0.1, -0.05) is 6.58 Å². The van der Waals surface area contributed by atoms with Gasteiger partial charge in [-0.2, -0.15) is 0 Å². The van der Waals surface area contributed by atoms with E-state index in [9.17, 15) is 14.0 Å². The van der Waals surface area contributed by atoms with Crippen molar-refractivity contribution >= 4 is 28.7 Å². The Labute approximate surface area is 174 Å². The van der Waals surface area contributed by atoms with Crippen LogP contribution in [0.1, 0.15) is 0 Å². The molecule has 0 unspecified atom stereocenters. The number of halogens is 1. The van der Waals surface area contributed by atoms with Gasteiger partial charge in [0.25, 0.3) is 5.56 Å². The predicted octanol–water partition coefficient (Wildman–Crippen LogP) is 4.13. The number of carbonyl (C=O) groups excluding carboxylic acids is 1. The third kappa shape index (κ3) is 4.57. The summed E-state index contributed by atoms with van der Waals surface area (Å²) in [6.45, 7) is 3.47. The van der Waals surface area contributed by atoms with E-state index < -0.39 is 0 Å². The van der Waals surface area contributed by atoms with E-state index in [-0.39, 0.29) is 17.3 Å². The number of carbonyl (C=O) groups is 1. The lowest BCUT2D eigenvalue weighted by atomic mass is 10.0. The van der Waals surface area contributed by atoms with Crippen molar-refractivity contribution < 1.29 is 9.18 Å². The SMILES string of the molecule is C=CC(=O)Nc1ccc(Nc2ccc(F)cc2)c(-c2cc(N(C)C)c(=O)n(C)c2)c1. The second-order valence-electron chi connectivity index (χ2n) is 7.01. The van der Waals surface area contributed by atoms with Crippen LogP contribution in [0.15, 0.2) is 72.2 Å². The number of anilines is 4. The number of nitrogens with zero attached hydrogens (tertiary/aromatic N) is 2. The van der Waals surface area contributed by atoms with E-state index in [1.807, 2.05) is 12.1 Å². The highest BCUT2D eigenvalue weighted by Gasteiger charge is 2.13. The van der Waals surface area contributed by atoms with Crippen LogP contribution in [0.4, 0.5) is 27.1 Å². The van der Waals surface area contributed by atoms with Crippen LogP contribution in [0.3, 0.4) is 0 Å². The Morgan fingerprint density at radius 1 is 1.10 bits per heavy atom. The fourth-order valence-corrected chi connectivity index (χ4v) is 3.01. The number of pyridine rings is 1. The molecule has 0 saturated heterocycles. The summed E-state index contributed by atoms with van der Waals surface area (Å²) in [5.74, 6) is -0.647. The first-order valence-electron chi connectivity index (χ1n) is 9.27. The molecule has 7 heteroatoms. The first-order valence-corrected chi connectivity index (χ1v) is 9.27. The highest BCUT2D eigenvalue weighted by Crippen LogP contribution is 2.34. The molecular formula is C23H23FN4O2. The molecule has 0 aliphatic heterocycles. The first kappa shape index (κ1) is 20.9. The number of benzene rings is 2. The molecule has 0 spiro atoms. The van der Waals surface area contributed by atoms with E-state index in [0.717, 1.165) is 16.8 Å². The number of hydrogen-bond donors (Lipinski definition) is 2. The van der Waals surface area contributed by atoms with Crippen molar-refractivity contribution in [3.05, 3.63) is 83.6 Å². The van der Waals surface area contributed by atoms with Gasteiger partial charge in [0, 0.05) is 55.5 Å². The molecule has 154 valence electrons.